The number of aliphatic hydroxyl groups excluding tert-OH is 1. The molecule has 4 rings (SSSR count). The molecule has 1 aliphatic rings. The maximum Gasteiger partial charge on any atom is 0.301 e. The molecule has 0 saturated carbocycles. The fraction of sp³-hybridized carbons (Fsp3) is 0.174. The molecule has 1 saturated heterocycles. The summed E-state index contributed by atoms with van der Waals surface area (Å²) in [5.74, 6) is -1.55. The van der Waals surface area contributed by atoms with Gasteiger partial charge in [-0.1, -0.05) is 19.1 Å². The molecule has 0 unspecified atom stereocenters. The molecule has 33 heavy (non-hydrogen) atoms. The molecule has 1 atom stereocenters. The van der Waals surface area contributed by atoms with Gasteiger partial charge in [-0.05, 0) is 36.2 Å². The number of nitro benzene ring substituents is 1. The number of hydrogen-bond donors (Lipinski definition) is 1. The zero-order valence-electron chi connectivity index (χ0n) is 17.5. The Balaban J connectivity index is 1.85. The van der Waals surface area contributed by atoms with Crippen LogP contribution in [0.25, 0.3) is 5.76 Å². The van der Waals surface area contributed by atoms with E-state index in [0.29, 0.717) is 23.5 Å². The predicted molar refractivity (Wildman–Crippen MR) is 122 cm³/mol. The largest absolute Gasteiger partial charge is 0.507 e. The van der Waals surface area contributed by atoms with Crippen molar-refractivity contribution >= 4 is 39.6 Å². The van der Waals surface area contributed by atoms with Gasteiger partial charge in [-0.3, -0.25) is 24.6 Å². The molecule has 0 spiro atoms. The van der Waals surface area contributed by atoms with E-state index in [9.17, 15) is 24.8 Å². The summed E-state index contributed by atoms with van der Waals surface area (Å²) in [4.78, 5) is 42.1. The maximum absolute atomic E-state index is 13.0. The number of carbonyl (C=O) groups is 2. The number of aromatic nitrogens is 1. The van der Waals surface area contributed by atoms with Crippen LogP contribution in [-0.2, 0) is 9.59 Å². The number of aliphatic hydroxyl groups is 1. The molecular formula is C23H19N3O6S. The second-order valence-corrected chi connectivity index (χ2v) is 8.08. The molecule has 168 valence electrons. The van der Waals surface area contributed by atoms with Crippen molar-refractivity contribution in [3.8, 4) is 5.75 Å². The van der Waals surface area contributed by atoms with E-state index in [-0.39, 0.29) is 22.2 Å². The normalized spacial score (nSPS) is 17.4. The Morgan fingerprint density at radius 2 is 2.00 bits per heavy atom. The Hall–Kier alpha value is -4.05. The van der Waals surface area contributed by atoms with Crippen LogP contribution in [0.4, 0.5) is 10.8 Å². The van der Waals surface area contributed by atoms with Crippen LogP contribution < -0.4 is 9.64 Å². The van der Waals surface area contributed by atoms with Gasteiger partial charge in [0.1, 0.15) is 11.5 Å². The first-order valence-corrected chi connectivity index (χ1v) is 11.0. The number of amides is 1. The smallest absolute Gasteiger partial charge is 0.301 e. The first-order chi connectivity index (χ1) is 15.9. The van der Waals surface area contributed by atoms with E-state index >= 15 is 0 Å². The second-order valence-electron chi connectivity index (χ2n) is 7.21. The molecule has 2 heterocycles. The number of nitrogens with zero attached hydrogens (tertiary/aromatic N) is 3. The Labute approximate surface area is 192 Å². The van der Waals surface area contributed by atoms with Crippen molar-refractivity contribution in [2.75, 3.05) is 11.5 Å². The molecule has 0 aliphatic carbocycles. The minimum absolute atomic E-state index is 0.169. The van der Waals surface area contributed by atoms with Crippen molar-refractivity contribution in [3.05, 3.63) is 86.9 Å². The van der Waals surface area contributed by atoms with Crippen LogP contribution in [0.15, 0.2) is 65.7 Å². The predicted octanol–water partition coefficient (Wildman–Crippen LogP) is 4.47. The lowest BCUT2D eigenvalue weighted by molar-refractivity contribution is -0.384. The van der Waals surface area contributed by atoms with Gasteiger partial charge in [-0.2, -0.15) is 0 Å². The highest BCUT2D eigenvalue weighted by Gasteiger charge is 2.48. The number of rotatable bonds is 7. The van der Waals surface area contributed by atoms with Crippen molar-refractivity contribution in [3.63, 3.8) is 0 Å². The highest BCUT2D eigenvalue weighted by molar-refractivity contribution is 7.14. The number of thiazole rings is 1. The van der Waals surface area contributed by atoms with Crippen molar-refractivity contribution in [1.82, 2.24) is 4.98 Å². The van der Waals surface area contributed by atoms with Gasteiger partial charge in [0.05, 0.1) is 23.1 Å². The maximum atomic E-state index is 13.0. The van der Waals surface area contributed by atoms with E-state index in [4.69, 9.17) is 4.74 Å². The van der Waals surface area contributed by atoms with E-state index < -0.39 is 22.7 Å². The van der Waals surface area contributed by atoms with Gasteiger partial charge < -0.3 is 9.84 Å². The zero-order chi connectivity index (χ0) is 23.5. The number of hydrogen-bond acceptors (Lipinski definition) is 8. The lowest BCUT2D eigenvalue weighted by atomic mass is 9.95. The van der Waals surface area contributed by atoms with Gasteiger partial charge in [-0.15, -0.1) is 11.3 Å². The standard InChI is InChI=1S/C23H19N3O6S/c1-2-11-32-17-8-6-14(7-9-17)20(27)18-19(15-4-3-5-16(13-15)26(30)31)25(22(29)21(18)28)23-24-10-12-33-23/h3-10,12-13,19,27H,2,11H2,1H3/t19-/m1/s1. The molecule has 1 N–H and O–H groups in total. The van der Waals surface area contributed by atoms with E-state index in [1.807, 2.05) is 6.92 Å². The van der Waals surface area contributed by atoms with Gasteiger partial charge in [0.25, 0.3) is 11.5 Å². The lowest BCUT2D eigenvalue weighted by Gasteiger charge is -2.22. The second kappa shape index (κ2) is 9.21. The average molecular weight is 465 g/mol. The summed E-state index contributed by atoms with van der Waals surface area (Å²) < 4.78 is 5.55. The molecule has 1 amide bonds. The van der Waals surface area contributed by atoms with Crippen LogP contribution >= 0.6 is 11.3 Å². The van der Waals surface area contributed by atoms with Crippen LogP contribution in [0.5, 0.6) is 5.75 Å². The first-order valence-electron chi connectivity index (χ1n) is 10.1. The molecular weight excluding hydrogens is 446 g/mol. The van der Waals surface area contributed by atoms with Crippen LogP contribution in [0.3, 0.4) is 0 Å². The van der Waals surface area contributed by atoms with Crippen molar-refractivity contribution in [1.29, 1.82) is 0 Å². The number of ketones is 1. The monoisotopic (exact) mass is 465 g/mol. The fourth-order valence-corrected chi connectivity index (χ4v) is 4.24. The fourth-order valence-electron chi connectivity index (χ4n) is 3.57. The van der Waals surface area contributed by atoms with Crippen LogP contribution in [-0.4, -0.2) is 33.3 Å². The van der Waals surface area contributed by atoms with E-state index in [1.165, 1.54) is 24.4 Å². The van der Waals surface area contributed by atoms with Gasteiger partial charge in [0.15, 0.2) is 5.13 Å². The zero-order valence-corrected chi connectivity index (χ0v) is 18.3. The third-order valence-corrected chi connectivity index (χ3v) is 5.84. The Morgan fingerprint density at radius 1 is 1.24 bits per heavy atom. The van der Waals surface area contributed by atoms with E-state index in [1.54, 1.807) is 35.7 Å². The highest BCUT2D eigenvalue weighted by Crippen LogP contribution is 2.43. The quantitative estimate of drug-likeness (QED) is 0.180. The minimum atomic E-state index is -1.08. The molecule has 1 aliphatic heterocycles. The number of benzene rings is 2. The Morgan fingerprint density at radius 3 is 2.64 bits per heavy atom. The van der Waals surface area contributed by atoms with Crippen molar-refractivity contribution in [2.24, 2.45) is 0 Å². The number of nitro groups is 1. The first kappa shape index (κ1) is 22.2. The molecule has 2 aromatic carbocycles. The van der Waals surface area contributed by atoms with Crippen molar-refractivity contribution in [2.45, 2.75) is 19.4 Å². The SMILES string of the molecule is CCCOc1ccc(C(O)=C2C(=O)C(=O)N(c3nccs3)[C@@H]2c2cccc([N+](=O)[O-])c2)cc1. The topological polar surface area (TPSA) is 123 Å². The molecule has 9 nitrogen and oxygen atoms in total. The molecule has 10 heteroatoms. The average Bonchev–Trinajstić information content (AvgIpc) is 3.44. The van der Waals surface area contributed by atoms with Gasteiger partial charge in [-0.25, -0.2) is 4.98 Å². The summed E-state index contributed by atoms with van der Waals surface area (Å²) in [6.45, 7) is 2.52. The minimum Gasteiger partial charge on any atom is -0.507 e. The van der Waals surface area contributed by atoms with Crippen LogP contribution in [0.1, 0.15) is 30.5 Å². The summed E-state index contributed by atoms with van der Waals surface area (Å²) >= 11 is 1.14. The number of non-ortho nitro benzene ring substituents is 1. The van der Waals surface area contributed by atoms with Gasteiger partial charge >= 0.3 is 5.91 Å². The van der Waals surface area contributed by atoms with Crippen LogP contribution in [0.2, 0.25) is 0 Å². The van der Waals surface area contributed by atoms with Crippen molar-refractivity contribution < 1.29 is 24.4 Å². The van der Waals surface area contributed by atoms with E-state index in [2.05, 4.69) is 4.98 Å². The summed E-state index contributed by atoms with van der Waals surface area (Å²) in [7, 11) is 0. The molecule has 0 bridgehead atoms. The summed E-state index contributed by atoms with van der Waals surface area (Å²) in [5, 5.41) is 24.3. The van der Waals surface area contributed by atoms with Gasteiger partial charge in [0, 0.05) is 29.3 Å². The number of anilines is 1. The molecule has 1 aromatic heterocycles. The summed E-state index contributed by atoms with van der Waals surface area (Å²) in [6, 6.07) is 11.0. The number of Topliss-reactive ketones (excluding diaryl/α,β-unsaturated/α-hetero) is 1. The third kappa shape index (κ3) is 4.20. The molecule has 1 fully saturated rings. The summed E-state index contributed by atoms with van der Waals surface area (Å²) in [5.41, 5.74) is 0.252. The van der Waals surface area contributed by atoms with E-state index in [0.717, 1.165) is 22.7 Å². The summed E-state index contributed by atoms with van der Waals surface area (Å²) in [6.07, 6.45) is 2.32. The third-order valence-electron chi connectivity index (χ3n) is 5.07. The molecule has 3 aromatic rings. The Bertz CT molecular complexity index is 1240. The lowest BCUT2D eigenvalue weighted by Crippen LogP contribution is -2.29. The Kier molecular flexibility index (Phi) is 6.18. The van der Waals surface area contributed by atoms with Gasteiger partial charge in [0.2, 0.25) is 0 Å². The van der Waals surface area contributed by atoms with Crippen LogP contribution in [0, 0.1) is 10.1 Å². The highest BCUT2D eigenvalue weighted by atomic mass is 32.1. The number of carbonyl (C=O) groups excluding carboxylic acids is 2. The molecule has 0 radical (unpaired) electrons. The number of ether oxygens (including phenoxy) is 1.